The summed E-state index contributed by atoms with van der Waals surface area (Å²) in [4.78, 5) is 2.35. The second-order valence-electron chi connectivity index (χ2n) is 13.4. The van der Waals surface area contributed by atoms with Crippen LogP contribution in [-0.4, -0.2) is 0 Å². The highest BCUT2D eigenvalue weighted by Gasteiger charge is 2.15. The second-order valence-corrected chi connectivity index (χ2v) is 13.4. The zero-order valence-corrected chi connectivity index (χ0v) is 29.3. The first-order chi connectivity index (χ1) is 26.3. The van der Waals surface area contributed by atoms with E-state index in [-0.39, 0.29) is 0 Å². The third kappa shape index (κ3) is 6.65. The average molecular weight is 676 g/mol. The van der Waals surface area contributed by atoms with Gasteiger partial charge in [-0.05, 0) is 109 Å². The molecule has 0 amide bonds. The van der Waals surface area contributed by atoms with Gasteiger partial charge in [-0.2, -0.15) is 0 Å². The quantitative estimate of drug-likeness (QED) is 0.155. The van der Waals surface area contributed by atoms with Crippen molar-refractivity contribution in [3.8, 4) is 55.6 Å². The zero-order chi connectivity index (χ0) is 35.4. The molecule has 53 heavy (non-hydrogen) atoms. The lowest BCUT2D eigenvalue weighted by Gasteiger charge is -2.26. The van der Waals surface area contributed by atoms with Crippen LogP contribution in [0.5, 0.6) is 0 Å². The summed E-state index contributed by atoms with van der Waals surface area (Å²) in [5.41, 5.74) is 15.4. The third-order valence-electron chi connectivity index (χ3n) is 10.1. The Kier molecular flexibility index (Phi) is 8.66. The van der Waals surface area contributed by atoms with Crippen molar-refractivity contribution in [1.29, 1.82) is 0 Å². The predicted molar refractivity (Wildman–Crippen MR) is 226 cm³/mol. The molecule has 0 N–H and O–H groups in total. The van der Waals surface area contributed by atoms with Gasteiger partial charge >= 0.3 is 0 Å². The number of anilines is 3. The summed E-state index contributed by atoms with van der Waals surface area (Å²) < 4.78 is 0. The summed E-state index contributed by atoms with van der Waals surface area (Å²) >= 11 is 0. The highest BCUT2D eigenvalue weighted by molar-refractivity contribution is 5.98. The molecule has 0 aromatic heterocycles. The summed E-state index contributed by atoms with van der Waals surface area (Å²) in [5.74, 6) is 0. The van der Waals surface area contributed by atoms with E-state index in [1.807, 2.05) is 0 Å². The van der Waals surface area contributed by atoms with Crippen molar-refractivity contribution in [2.24, 2.45) is 0 Å². The topological polar surface area (TPSA) is 3.24 Å². The maximum absolute atomic E-state index is 2.35. The van der Waals surface area contributed by atoms with Crippen molar-refractivity contribution in [1.82, 2.24) is 0 Å². The summed E-state index contributed by atoms with van der Waals surface area (Å²) in [6.07, 6.45) is 0. The van der Waals surface area contributed by atoms with Gasteiger partial charge in [-0.25, -0.2) is 0 Å². The molecule has 9 aromatic carbocycles. The van der Waals surface area contributed by atoms with Crippen LogP contribution in [0.25, 0.3) is 66.4 Å². The van der Waals surface area contributed by atoms with Crippen molar-refractivity contribution >= 4 is 27.8 Å². The first-order valence-electron chi connectivity index (χ1n) is 18.2. The normalized spacial score (nSPS) is 11.0. The molecule has 1 heteroatoms. The molecule has 0 atom stereocenters. The van der Waals surface area contributed by atoms with Gasteiger partial charge in [-0.15, -0.1) is 0 Å². The van der Waals surface area contributed by atoms with Gasteiger partial charge in [-0.3, -0.25) is 0 Å². The Morgan fingerprint density at radius 2 is 0.623 bits per heavy atom. The van der Waals surface area contributed by atoms with Crippen LogP contribution in [0.3, 0.4) is 0 Å². The highest BCUT2D eigenvalue weighted by atomic mass is 15.1. The summed E-state index contributed by atoms with van der Waals surface area (Å²) in [6.45, 7) is 0. The molecule has 0 unspecified atom stereocenters. The number of benzene rings is 9. The summed E-state index contributed by atoms with van der Waals surface area (Å²) in [5, 5.41) is 2.50. The van der Waals surface area contributed by atoms with Gasteiger partial charge in [0.1, 0.15) is 0 Å². The van der Waals surface area contributed by atoms with E-state index in [4.69, 9.17) is 0 Å². The Hall–Kier alpha value is -6.96. The lowest BCUT2D eigenvalue weighted by atomic mass is 9.95. The SMILES string of the molecule is c1ccc(-c2ccc(-c3cccc(N(c4ccc(-c5ccccc5)cc4)c4ccc(-c5ccc6c(-c7ccccc7)cccc6c5)cc4)c3)cc2)cc1. The maximum atomic E-state index is 2.35. The smallest absolute Gasteiger partial charge is 0.0467 e. The first kappa shape index (κ1) is 32.0. The molecule has 9 rings (SSSR count). The van der Waals surface area contributed by atoms with E-state index in [1.54, 1.807) is 0 Å². The van der Waals surface area contributed by atoms with Gasteiger partial charge in [0.2, 0.25) is 0 Å². The van der Waals surface area contributed by atoms with Gasteiger partial charge in [0.05, 0.1) is 0 Å². The minimum atomic E-state index is 1.10. The predicted octanol–water partition coefficient (Wildman–Crippen LogP) is 14.6. The third-order valence-corrected chi connectivity index (χ3v) is 10.1. The van der Waals surface area contributed by atoms with Gasteiger partial charge in [-0.1, -0.05) is 182 Å². The molecule has 1 nitrogen and oxygen atoms in total. The van der Waals surface area contributed by atoms with E-state index in [0.29, 0.717) is 0 Å². The molecular weight excluding hydrogens is 639 g/mol. The molecule has 0 aliphatic carbocycles. The van der Waals surface area contributed by atoms with Crippen molar-refractivity contribution in [2.75, 3.05) is 4.90 Å². The fourth-order valence-electron chi connectivity index (χ4n) is 7.33. The minimum absolute atomic E-state index is 1.10. The van der Waals surface area contributed by atoms with Crippen LogP contribution in [0, 0.1) is 0 Å². The van der Waals surface area contributed by atoms with Crippen LogP contribution in [-0.2, 0) is 0 Å². The molecule has 9 aromatic rings. The monoisotopic (exact) mass is 675 g/mol. The van der Waals surface area contributed by atoms with E-state index in [9.17, 15) is 0 Å². The second kappa shape index (κ2) is 14.3. The van der Waals surface area contributed by atoms with Crippen molar-refractivity contribution < 1.29 is 0 Å². The van der Waals surface area contributed by atoms with E-state index in [2.05, 4.69) is 229 Å². The van der Waals surface area contributed by atoms with Crippen LogP contribution >= 0.6 is 0 Å². The Bertz CT molecular complexity index is 2610. The molecule has 0 bridgehead atoms. The number of hydrogen-bond acceptors (Lipinski definition) is 1. The zero-order valence-electron chi connectivity index (χ0n) is 29.3. The van der Waals surface area contributed by atoms with Gasteiger partial charge < -0.3 is 4.90 Å². The van der Waals surface area contributed by atoms with Crippen LogP contribution in [0.15, 0.2) is 224 Å². The molecule has 0 saturated heterocycles. The first-order valence-corrected chi connectivity index (χ1v) is 18.2. The molecule has 0 fully saturated rings. The van der Waals surface area contributed by atoms with E-state index in [1.165, 1.54) is 66.4 Å². The number of hydrogen-bond donors (Lipinski definition) is 0. The lowest BCUT2D eigenvalue weighted by molar-refractivity contribution is 1.28. The van der Waals surface area contributed by atoms with Crippen molar-refractivity contribution in [3.63, 3.8) is 0 Å². The molecule has 0 heterocycles. The Morgan fingerprint density at radius 1 is 0.226 bits per heavy atom. The molecule has 0 spiro atoms. The fourth-order valence-corrected chi connectivity index (χ4v) is 7.33. The Morgan fingerprint density at radius 3 is 1.17 bits per heavy atom. The minimum Gasteiger partial charge on any atom is -0.310 e. The maximum Gasteiger partial charge on any atom is 0.0467 e. The molecule has 0 aliphatic heterocycles. The van der Waals surface area contributed by atoms with Gasteiger partial charge in [0.15, 0.2) is 0 Å². The van der Waals surface area contributed by atoms with Crippen molar-refractivity contribution in [3.05, 3.63) is 224 Å². The fraction of sp³-hybridized carbons (Fsp3) is 0. The average Bonchev–Trinajstić information content (AvgIpc) is 3.25. The number of fused-ring (bicyclic) bond motifs is 1. The van der Waals surface area contributed by atoms with E-state index < -0.39 is 0 Å². The molecule has 0 radical (unpaired) electrons. The highest BCUT2D eigenvalue weighted by Crippen LogP contribution is 2.39. The number of rotatable bonds is 8. The summed E-state index contributed by atoms with van der Waals surface area (Å²) in [6, 6.07) is 80.7. The van der Waals surface area contributed by atoms with E-state index in [0.717, 1.165) is 17.1 Å². The number of nitrogens with zero attached hydrogens (tertiary/aromatic N) is 1. The van der Waals surface area contributed by atoms with Crippen LogP contribution in [0.2, 0.25) is 0 Å². The molecule has 0 aliphatic rings. The molecule has 250 valence electrons. The Balaban J connectivity index is 1.07. The molecule has 0 saturated carbocycles. The Labute approximate surface area is 311 Å². The van der Waals surface area contributed by atoms with Crippen LogP contribution < -0.4 is 4.90 Å². The van der Waals surface area contributed by atoms with Crippen molar-refractivity contribution in [2.45, 2.75) is 0 Å². The largest absolute Gasteiger partial charge is 0.310 e. The van der Waals surface area contributed by atoms with E-state index >= 15 is 0 Å². The van der Waals surface area contributed by atoms with Crippen LogP contribution in [0.1, 0.15) is 0 Å². The van der Waals surface area contributed by atoms with Gasteiger partial charge in [0.25, 0.3) is 0 Å². The summed E-state index contributed by atoms with van der Waals surface area (Å²) in [7, 11) is 0. The van der Waals surface area contributed by atoms with Crippen LogP contribution in [0.4, 0.5) is 17.1 Å². The lowest BCUT2D eigenvalue weighted by Crippen LogP contribution is -2.10. The molecular formula is C52H37N. The standard InChI is InChI=1S/C52H37N/c1-4-12-38(13-5-1)40-22-24-42(25-23-40)45-18-10-20-50(37-45)53(48-31-26-41(27-32-48)39-14-6-2-7-15-39)49-33-28-43(29-34-49)46-30-35-52-47(36-46)19-11-21-51(52)44-16-8-3-9-17-44/h1-37H. The van der Waals surface area contributed by atoms with Gasteiger partial charge in [0, 0.05) is 17.1 Å².